The fraction of sp³-hybridized carbons (Fsp3) is 0.600. The number of carbonyl (C=O) groups is 2. The first-order chi connectivity index (χ1) is 13.1. The fourth-order valence-electron chi connectivity index (χ4n) is 3.35. The zero-order chi connectivity index (χ0) is 20.9. The van der Waals surface area contributed by atoms with Crippen molar-refractivity contribution in [1.82, 2.24) is 14.5 Å². The molecule has 2 rings (SSSR count). The number of rotatable bonds is 7. The molecule has 8 heteroatoms. The molecule has 1 aliphatic rings. The summed E-state index contributed by atoms with van der Waals surface area (Å²) in [6.07, 6.45) is 0.929. The zero-order valence-corrected chi connectivity index (χ0v) is 18.0. The molecule has 1 aromatic carbocycles. The van der Waals surface area contributed by atoms with Gasteiger partial charge in [0.25, 0.3) is 0 Å². The second-order valence-corrected chi connectivity index (χ2v) is 9.50. The van der Waals surface area contributed by atoms with Crippen molar-refractivity contribution in [2.45, 2.75) is 51.5 Å². The Hall–Kier alpha value is -1.93. The van der Waals surface area contributed by atoms with Gasteiger partial charge >= 0.3 is 0 Å². The molecule has 0 atom stereocenters. The average Bonchev–Trinajstić information content (AvgIpc) is 2.65. The highest BCUT2D eigenvalue weighted by atomic mass is 32.2. The van der Waals surface area contributed by atoms with E-state index in [2.05, 4.69) is 5.32 Å². The van der Waals surface area contributed by atoms with Gasteiger partial charge in [-0.05, 0) is 52.7 Å². The van der Waals surface area contributed by atoms with Crippen molar-refractivity contribution in [2.24, 2.45) is 5.92 Å². The van der Waals surface area contributed by atoms with Crippen molar-refractivity contribution in [2.75, 3.05) is 26.2 Å². The molecule has 2 amide bonds. The molecule has 0 unspecified atom stereocenters. The largest absolute Gasteiger partial charge is 0.352 e. The van der Waals surface area contributed by atoms with Gasteiger partial charge in [0, 0.05) is 31.6 Å². The highest BCUT2D eigenvalue weighted by Crippen LogP contribution is 2.25. The summed E-state index contributed by atoms with van der Waals surface area (Å²) in [5, 5.41) is 2.79. The third kappa shape index (κ3) is 5.54. The Kier molecular flexibility index (Phi) is 7.60. The number of carbonyl (C=O) groups excluding carboxylic acids is 2. The van der Waals surface area contributed by atoms with Crippen molar-refractivity contribution in [1.29, 1.82) is 0 Å². The lowest BCUT2D eigenvalue weighted by Crippen LogP contribution is -2.47. The normalized spacial score (nSPS) is 16.2. The summed E-state index contributed by atoms with van der Waals surface area (Å²) in [6, 6.07) is 6.83. The number of piperidine rings is 1. The summed E-state index contributed by atoms with van der Waals surface area (Å²) in [5.41, 5.74) is 1.00. The van der Waals surface area contributed by atoms with Crippen LogP contribution in [0.15, 0.2) is 29.2 Å². The standard InChI is InChI=1S/C20H31N3O4S/c1-5-22(14-19(24)21-15(2)3)20(25)17-10-12-23(13-11-17)28(26,27)18-8-6-16(4)7-9-18/h6-9,15,17H,5,10-14H2,1-4H3,(H,21,24). The van der Waals surface area contributed by atoms with Crippen LogP contribution >= 0.6 is 0 Å². The Balaban J connectivity index is 1.97. The molecule has 0 aromatic heterocycles. The van der Waals surface area contributed by atoms with Crippen LogP contribution in [0.3, 0.4) is 0 Å². The van der Waals surface area contributed by atoms with Crippen LogP contribution in [0.1, 0.15) is 39.2 Å². The molecule has 0 bridgehead atoms. The summed E-state index contributed by atoms with van der Waals surface area (Å²) in [6.45, 7) is 8.61. The van der Waals surface area contributed by atoms with Gasteiger partial charge in [-0.25, -0.2) is 8.42 Å². The molecule has 0 saturated carbocycles. The Labute approximate surface area is 168 Å². The van der Waals surface area contributed by atoms with Crippen molar-refractivity contribution in [3.05, 3.63) is 29.8 Å². The van der Waals surface area contributed by atoms with Crippen molar-refractivity contribution in [3.8, 4) is 0 Å². The van der Waals surface area contributed by atoms with Gasteiger partial charge in [0.05, 0.1) is 11.4 Å². The van der Waals surface area contributed by atoms with Crippen molar-refractivity contribution < 1.29 is 18.0 Å². The van der Waals surface area contributed by atoms with Crippen LogP contribution in [0.25, 0.3) is 0 Å². The van der Waals surface area contributed by atoms with E-state index >= 15 is 0 Å². The number of benzene rings is 1. The number of likely N-dealkylation sites (N-methyl/N-ethyl adjacent to an activating group) is 1. The lowest BCUT2D eigenvalue weighted by atomic mass is 9.96. The summed E-state index contributed by atoms with van der Waals surface area (Å²) >= 11 is 0. The molecular weight excluding hydrogens is 378 g/mol. The summed E-state index contributed by atoms with van der Waals surface area (Å²) in [7, 11) is -3.54. The first-order valence-corrected chi connectivity index (χ1v) is 11.2. The van der Waals surface area contributed by atoms with E-state index in [-0.39, 0.29) is 35.2 Å². The number of nitrogens with zero attached hydrogens (tertiary/aromatic N) is 2. The van der Waals surface area contributed by atoms with Crippen molar-refractivity contribution in [3.63, 3.8) is 0 Å². The third-order valence-corrected chi connectivity index (χ3v) is 6.85. The highest BCUT2D eigenvalue weighted by molar-refractivity contribution is 7.89. The number of aryl methyl sites for hydroxylation is 1. The smallest absolute Gasteiger partial charge is 0.243 e. The topological polar surface area (TPSA) is 86.8 Å². The maximum Gasteiger partial charge on any atom is 0.243 e. The van der Waals surface area contributed by atoms with E-state index in [0.29, 0.717) is 32.5 Å². The Morgan fingerprint density at radius 1 is 1.18 bits per heavy atom. The van der Waals surface area contributed by atoms with Gasteiger partial charge in [-0.15, -0.1) is 0 Å². The van der Waals surface area contributed by atoms with Crippen LogP contribution in [-0.2, 0) is 19.6 Å². The minimum Gasteiger partial charge on any atom is -0.352 e. The average molecular weight is 410 g/mol. The predicted molar refractivity (Wildman–Crippen MR) is 108 cm³/mol. The molecule has 1 saturated heterocycles. The predicted octanol–water partition coefficient (Wildman–Crippen LogP) is 1.77. The van der Waals surface area contributed by atoms with Crippen LogP contribution in [-0.4, -0.2) is 61.7 Å². The molecule has 1 fully saturated rings. The quantitative estimate of drug-likeness (QED) is 0.744. The van der Waals surface area contributed by atoms with Gasteiger partial charge < -0.3 is 10.2 Å². The van der Waals surface area contributed by atoms with Gasteiger partial charge in [0.1, 0.15) is 0 Å². The first-order valence-electron chi connectivity index (χ1n) is 9.80. The lowest BCUT2D eigenvalue weighted by molar-refractivity contribution is -0.140. The van der Waals surface area contributed by atoms with Gasteiger partial charge in [-0.2, -0.15) is 4.31 Å². The number of hydrogen-bond donors (Lipinski definition) is 1. The van der Waals surface area contributed by atoms with E-state index < -0.39 is 10.0 Å². The third-order valence-electron chi connectivity index (χ3n) is 4.94. The molecule has 1 aliphatic heterocycles. The van der Waals surface area contributed by atoms with Crippen LogP contribution in [0.4, 0.5) is 0 Å². The Morgan fingerprint density at radius 2 is 1.75 bits per heavy atom. The second kappa shape index (κ2) is 9.52. The summed E-state index contributed by atoms with van der Waals surface area (Å²) in [4.78, 5) is 26.6. The van der Waals surface area contributed by atoms with Gasteiger partial charge in [-0.1, -0.05) is 17.7 Å². The molecular formula is C20H31N3O4S. The van der Waals surface area contributed by atoms with E-state index in [1.165, 1.54) is 4.31 Å². The van der Waals surface area contributed by atoms with Crippen molar-refractivity contribution >= 4 is 21.8 Å². The molecule has 156 valence electrons. The van der Waals surface area contributed by atoms with E-state index in [1.54, 1.807) is 29.2 Å². The molecule has 7 nitrogen and oxygen atoms in total. The summed E-state index contributed by atoms with van der Waals surface area (Å²) in [5.74, 6) is -0.505. The maximum absolute atomic E-state index is 12.8. The lowest BCUT2D eigenvalue weighted by Gasteiger charge is -2.33. The second-order valence-electron chi connectivity index (χ2n) is 7.57. The summed E-state index contributed by atoms with van der Waals surface area (Å²) < 4.78 is 27.0. The fourth-order valence-corrected chi connectivity index (χ4v) is 4.82. The maximum atomic E-state index is 12.8. The molecule has 1 aromatic rings. The Morgan fingerprint density at radius 3 is 2.25 bits per heavy atom. The Bertz CT molecular complexity index is 782. The monoisotopic (exact) mass is 409 g/mol. The molecule has 0 radical (unpaired) electrons. The van der Waals surface area contributed by atoms with Crippen LogP contribution < -0.4 is 5.32 Å². The number of amides is 2. The van der Waals surface area contributed by atoms with E-state index in [4.69, 9.17) is 0 Å². The van der Waals surface area contributed by atoms with Crippen LogP contribution in [0, 0.1) is 12.8 Å². The van der Waals surface area contributed by atoms with E-state index in [9.17, 15) is 18.0 Å². The molecule has 28 heavy (non-hydrogen) atoms. The van der Waals surface area contributed by atoms with Gasteiger partial charge in [0.2, 0.25) is 21.8 Å². The minimum atomic E-state index is -3.54. The number of hydrogen-bond acceptors (Lipinski definition) is 4. The molecule has 1 N–H and O–H groups in total. The first kappa shape index (κ1) is 22.4. The number of nitrogens with one attached hydrogen (secondary N) is 1. The van der Waals surface area contributed by atoms with Crippen LogP contribution in [0.2, 0.25) is 0 Å². The van der Waals surface area contributed by atoms with E-state index in [0.717, 1.165) is 5.56 Å². The van der Waals surface area contributed by atoms with E-state index in [1.807, 2.05) is 27.7 Å². The molecule has 0 aliphatic carbocycles. The molecule has 1 heterocycles. The highest BCUT2D eigenvalue weighted by Gasteiger charge is 2.33. The van der Waals surface area contributed by atoms with Gasteiger partial charge in [-0.3, -0.25) is 9.59 Å². The SMILES string of the molecule is CCN(CC(=O)NC(C)C)C(=O)C1CCN(S(=O)(=O)c2ccc(C)cc2)CC1. The minimum absolute atomic E-state index is 0.0246. The zero-order valence-electron chi connectivity index (χ0n) is 17.1. The molecule has 0 spiro atoms. The van der Waals surface area contributed by atoms with Gasteiger partial charge in [0.15, 0.2) is 0 Å². The number of sulfonamides is 1. The van der Waals surface area contributed by atoms with Crippen LogP contribution in [0.5, 0.6) is 0 Å².